The van der Waals surface area contributed by atoms with Crippen LogP contribution in [-0.2, 0) is 4.79 Å². The molecule has 0 atom stereocenters. The van der Waals surface area contributed by atoms with E-state index >= 15 is 0 Å². The number of aromatic nitrogens is 5. The molecule has 0 fully saturated rings. The molecule has 4 aromatic rings. The van der Waals surface area contributed by atoms with Gasteiger partial charge in [-0.3, -0.25) is 9.36 Å². The third-order valence-electron chi connectivity index (χ3n) is 4.59. The summed E-state index contributed by atoms with van der Waals surface area (Å²) in [7, 11) is 0. The van der Waals surface area contributed by atoms with Gasteiger partial charge >= 0.3 is 0 Å². The maximum Gasteiger partial charge on any atom is 0.250 e. The van der Waals surface area contributed by atoms with E-state index in [2.05, 4.69) is 30.7 Å². The number of hydrazone groups is 1. The summed E-state index contributed by atoms with van der Waals surface area (Å²) in [5.41, 5.74) is 4.87. The first-order valence-electron chi connectivity index (χ1n) is 9.88. The number of thioether (sulfide) groups is 1. The van der Waals surface area contributed by atoms with E-state index in [4.69, 9.17) is 9.47 Å². The van der Waals surface area contributed by atoms with Crippen molar-refractivity contribution in [1.82, 2.24) is 30.2 Å². The van der Waals surface area contributed by atoms with Crippen molar-refractivity contribution in [1.29, 1.82) is 0 Å². The number of carbonyl (C=O) groups is 1. The Balaban J connectivity index is 1.35. The van der Waals surface area contributed by atoms with Gasteiger partial charge in [-0.05, 0) is 30.3 Å². The third-order valence-corrected chi connectivity index (χ3v) is 5.52. The summed E-state index contributed by atoms with van der Waals surface area (Å²) in [6.07, 6.45) is 6.09. The summed E-state index contributed by atoms with van der Waals surface area (Å²) in [5, 5.41) is 13.2. The second-order valence-corrected chi connectivity index (χ2v) is 7.74. The Bertz CT molecular complexity index is 1300. The molecule has 11 heteroatoms. The summed E-state index contributed by atoms with van der Waals surface area (Å²) >= 11 is 1.26. The summed E-state index contributed by atoms with van der Waals surface area (Å²) in [6.45, 7) is 0.195. The van der Waals surface area contributed by atoms with Gasteiger partial charge in [0.25, 0.3) is 5.91 Å². The molecular weight excluding hydrogens is 442 g/mol. The zero-order valence-electron chi connectivity index (χ0n) is 17.2. The van der Waals surface area contributed by atoms with Gasteiger partial charge in [0.15, 0.2) is 22.5 Å². The van der Waals surface area contributed by atoms with Crippen molar-refractivity contribution >= 4 is 23.9 Å². The first kappa shape index (κ1) is 20.6. The fraction of sp³-hybridized carbons (Fsp3) is 0.0909. The van der Waals surface area contributed by atoms with Gasteiger partial charge in [0, 0.05) is 29.2 Å². The molecule has 5 rings (SSSR count). The first-order valence-corrected chi connectivity index (χ1v) is 10.9. The molecule has 1 N–H and O–H groups in total. The van der Waals surface area contributed by atoms with E-state index in [-0.39, 0.29) is 18.5 Å². The number of hydrogen-bond acceptors (Lipinski definition) is 9. The summed E-state index contributed by atoms with van der Waals surface area (Å²) in [5.74, 6) is 1.81. The predicted molar refractivity (Wildman–Crippen MR) is 121 cm³/mol. The summed E-state index contributed by atoms with van der Waals surface area (Å²) < 4.78 is 12.8. The highest BCUT2D eigenvalue weighted by molar-refractivity contribution is 7.99. The maximum absolute atomic E-state index is 12.3. The van der Waals surface area contributed by atoms with Crippen LogP contribution in [0.3, 0.4) is 0 Å². The molecule has 0 bridgehead atoms. The average molecular weight is 459 g/mol. The van der Waals surface area contributed by atoms with Crippen LogP contribution in [0.1, 0.15) is 5.56 Å². The second kappa shape index (κ2) is 9.49. The maximum atomic E-state index is 12.3. The number of ether oxygens (including phenoxy) is 2. The van der Waals surface area contributed by atoms with E-state index in [1.165, 1.54) is 24.3 Å². The topological polar surface area (TPSA) is 116 Å². The Kier molecular flexibility index (Phi) is 5.93. The third kappa shape index (κ3) is 4.67. The molecule has 0 unspecified atom stereocenters. The standard InChI is InChI=1S/C22H17N7O3S/c30-20(26-25-11-15-9-23-13-24-10-15)12-33-22-28-27-21(29(22)17-4-2-1-3-5-17)16-6-7-18-19(8-16)32-14-31-18/h1-11,13H,12,14H2,(H,26,30). The number of benzene rings is 2. The molecule has 33 heavy (non-hydrogen) atoms. The molecule has 2 aromatic carbocycles. The summed E-state index contributed by atoms with van der Waals surface area (Å²) in [6, 6.07) is 15.3. The highest BCUT2D eigenvalue weighted by Gasteiger charge is 2.20. The first-order chi connectivity index (χ1) is 16.3. The number of hydrogen-bond donors (Lipinski definition) is 1. The van der Waals surface area contributed by atoms with Crippen molar-refractivity contribution in [3.8, 4) is 28.6 Å². The van der Waals surface area contributed by atoms with Crippen LogP contribution in [0.25, 0.3) is 17.1 Å². The van der Waals surface area contributed by atoms with E-state index < -0.39 is 0 Å². The van der Waals surface area contributed by atoms with E-state index in [9.17, 15) is 4.79 Å². The Morgan fingerprint density at radius 3 is 2.76 bits per heavy atom. The minimum Gasteiger partial charge on any atom is -0.454 e. The van der Waals surface area contributed by atoms with Crippen LogP contribution in [0.2, 0.25) is 0 Å². The second-order valence-electron chi connectivity index (χ2n) is 6.80. The molecule has 0 saturated heterocycles. The number of fused-ring (bicyclic) bond motifs is 1. The molecule has 164 valence electrons. The Labute approximate surface area is 192 Å². The summed E-state index contributed by atoms with van der Waals surface area (Å²) in [4.78, 5) is 20.1. The van der Waals surface area contributed by atoms with Crippen molar-refractivity contribution in [2.24, 2.45) is 5.10 Å². The highest BCUT2D eigenvalue weighted by Crippen LogP contribution is 2.36. The van der Waals surface area contributed by atoms with Crippen LogP contribution in [0.15, 0.2) is 77.5 Å². The number of carbonyl (C=O) groups excluding carboxylic acids is 1. The van der Waals surface area contributed by atoms with Crippen LogP contribution in [-0.4, -0.2) is 49.4 Å². The molecule has 3 heterocycles. The fourth-order valence-corrected chi connectivity index (χ4v) is 3.86. The van der Waals surface area contributed by atoms with E-state index in [0.29, 0.717) is 28.0 Å². The van der Waals surface area contributed by atoms with Crippen LogP contribution in [0, 0.1) is 0 Å². The van der Waals surface area contributed by atoms with Gasteiger partial charge in [0.1, 0.15) is 6.33 Å². The van der Waals surface area contributed by atoms with E-state index in [0.717, 1.165) is 11.3 Å². The molecule has 2 aromatic heterocycles. The van der Waals surface area contributed by atoms with Crippen molar-refractivity contribution in [3.05, 3.63) is 72.8 Å². The van der Waals surface area contributed by atoms with Gasteiger partial charge in [0.2, 0.25) is 6.79 Å². The lowest BCUT2D eigenvalue weighted by molar-refractivity contribution is -0.118. The van der Waals surface area contributed by atoms with Crippen LogP contribution in [0.4, 0.5) is 0 Å². The van der Waals surface area contributed by atoms with Crippen LogP contribution >= 0.6 is 11.8 Å². The number of amides is 1. The van der Waals surface area contributed by atoms with Gasteiger partial charge in [0.05, 0.1) is 12.0 Å². The zero-order valence-corrected chi connectivity index (χ0v) is 18.0. The van der Waals surface area contributed by atoms with Gasteiger partial charge in [-0.1, -0.05) is 30.0 Å². The molecule has 0 saturated carbocycles. The lowest BCUT2D eigenvalue weighted by Crippen LogP contribution is -2.20. The van der Waals surface area contributed by atoms with Crippen molar-refractivity contribution < 1.29 is 14.3 Å². The lowest BCUT2D eigenvalue weighted by Gasteiger charge is -2.10. The molecule has 1 aliphatic heterocycles. The lowest BCUT2D eigenvalue weighted by atomic mass is 10.2. The monoisotopic (exact) mass is 459 g/mol. The Hall–Kier alpha value is -4.25. The van der Waals surface area contributed by atoms with Gasteiger partial charge in [-0.2, -0.15) is 5.10 Å². The van der Waals surface area contributed by atoms with Gasteiger partial charge < -0.3 is 9.47 Å². The molecule has 1 amide bonds. The van der Waals surface area contributed by atoms with Gasteiger partial charge in [-0.25, -0.2) is 15.4 Å². The van der Waals surface area contributed by atoms with Gasteiger partial charge in [-0.15, -0.1) is 10.2 Å². The van der Waals surface area contributed by atoms with Crippen LogP contribution < -0.4 is 14.9 Å². The number of para-hydroxylation sites is 1. The number of nitrogens with zero attached hydrogens (tertiary/aromatic N) is 6. The normalized spacial score (nSPS) is 12.2. The smallest absolute Gasteiger partial charge is 0.250 e. The zero-order chi connectivity index (χ0) is 22.5. The van der Waals surface area contributed by atoms with Crippen molar-refractivity contribution in [2.75, 3.05) is 12.5 Å². The van der Waals surface area contributed by atoms with Crippen molar-refractivity contribution in [2.45, 2.75) is 5.16 Å². The minimum atomic E-state index is -0.277. The molecule has 0 spiro atoms. The number of nitrogens with one attached hydrogen (secondary N) is 1. The fourth-order valence-electron chi connectivity index (χ4n) is 3.11. The Morgan fingerprint density at radius 1 is 1.09 bits per heavy atom. The predicted octanol–water partition coefficient (Wildman–Crippen LogP) is 2.70. The SMILES string of the molecule is O=C(CSc1nnc(-c2ccc3c(c2)OCO3)n1-c1ccccc1)NN=Cc1cncnc1. The van der Waals surface area contributed by atoms with E-state index in [1.807, 2.05) is 53.1 Å². The molecular formula is C22H17N7O3S. The molecule has 10 nitrogen and oxygen atoms in total. The molecule has 0 radical (unpaired) electrons. The average Bonchev–Trinajstić information content (AvgIpc) is 3.50. The minimum absolute atomic E-state index is 0.106. The van der Waals surface area contributed by atoms with Crippen LogP contribution in [0.5, 0.6) is 11.5 Å². The molecule has 0 aliphatic carbocycles. The largest absolute Gasteiger partial charge is 0.454 e. The van der Waals surface area contributed by atoms with Crippen molar-refractivity contribution in [3.63, 3.8) is 0 Å². The Morgan fingerprint density at radius 2 is 1.91 bits per heavy atom. The van der Waals surface area contributed by atoms with E-state index in [1.54, 1.807) is 12.4 Å². The quantitative estimate of drug-likeness (QED) is 0.255. The highest BCUT2D eigenvalue weighted by atomic mass is 32.2. The number of rotatable bonds is 7. The molecule has 1 aliphatic rings.